The molecule has 3 aromatic heterocycles. The fourth-order valence-electron chi connectivity index (χ4n) is 1.37. The van der Waals surface area contributed by atoms with Crippen molar-refractivity contribution in [2.75, 3.05) is 0 Å². The summed E-state index contributed by atoms with van der Waals surface area (Å²) in [6, 6.07) is 1.72. The van der Waals surface area contributed by atoms with Crippen LogP contribution >= 0.6 is 11.6 Å². The van der Waals surface area contributed by atoms with Crippen molar-refractivity contribution < 1.29 is 1.41 Å². The highest BCUT2D eigenvalue weighted by molar-refractivity contribution is 6.30. The second-order valence-electron chi connectivity index (χ2n) is 3.17. The number of halogens is 1. The highest BCUT2D eigenvalue weighted by Crippen LogP contribution is 2.18. The first-order valence-corrected chi connectivity index (χ1v) is 4.92. The van der Waals surface area contributed by atoms with Crippen molar-refractivity contribution in [2.45, 2.75) is 0 Å². The summed E-state index contributed by atoms with van der Waals surface area (Å²) < 4.78 is 7.57. The van der Waals surface area contributed by atoms with Crippen molar-refractivity contribution in [3.8, 4) is 11.4 Å². The molecule has 16 heavy (non-hydrogen) atoms. The summed E-state index contributed by atoms with van der Waals surface area (Å²) in [5.74, 6) is 0.474. The Morgan fingerprint density at radius 2 is 2.19 bits per heavy atom. The van der Waals surface area contributed by atoms with Crippen LogP contribution in [0.3, 0.4) is 0 Å². The molecular weight excluding hydrogens is 226 g/mol. The third-order valence-electron chi connectivity index (χ3n) is 2.09. The average Bonchev–Trinajstić information content (AvgIpc) is 2.71. The molecule has 0 saturated heterocycles. The van der Waals surface area contributed by atoms with Crippen LogP contribution < -0.4 is 0 Å². The first-order valence-electron chi connectivity index (χ1n) is 4.99. The second kappa shape index (κ2) is 3.53. The minimum atomic E-state index is 0.454. The smallest absolute Gasteiger partial charge is 0.169 e. The largest absolute Gasteiger partial charge is 0.329 e. The molecule has 0 spiro atoms. The van der Waals surface area contributed by atoms with Gasteiger partial charge in [-0.1, -0.05) is 11.6 Å². The lowest BCUT2D eigenvalue weighted by molar-refractivity contribution is 1.19. The number of aromatic amines is 1. The van der Waals surface area contributed by atoms with Crippen LogP contribution in [0.15, 0.2) is 31.0 Å². The van der Waals surface area contributed by atoms with Crippen LogP contribution in [0, 0.1) is 0 Å². The third-order valence-corrected chi connectivity index (χ3v) is 2.30. The van der Waals surface area contributed by atoms with E-state index in [-0.39, 0.29) is 0 Å². The van der Waals surface area contributed by atoms with E-state index in [2.05, 4.69) is 19.9 Å². The van der Waals surface area contributed by atoms with Gasteiger partial charge in [0.1, 0.15) is 5.52 Å². The van der Waals surface area contributed by atoms with E-state index in [0.717, 1.165) is 4.98 Å². The number of nitrogens with one attached hydrogen (secondary N) is 1. The number of pyridine rings is 1. The zero-order valence-corrected chi connectivity index (χ0v) is 8.76. The van der Waals surface area contributed by atoms with Gasteiger partial charge in [-0.3, -0.25) is 4.98 Å². The fraction of sp³-hybridized carbons (Fsp3) is 0. The number of imidazole rings is 1. The molecule has 78 valence electrons. The molecule has 0 bridgehead atoms. The Balaban J connectivity index is 2.20. The highest BCUT2D eigenvalue weighted by atomic mass is 35.5. The minimum Gasteiger partial charge on any atom is -0.329 e. The number of aromatic nitrogens is 5. The lowest BCUT2D eigenvalue weighted by Crippen LogP contribution is -1.90. The summed E-state index contributed by atoms with van der Waals surface area (Å²) >= 11 is 5.85. The topological polar surface area (TPSA) is 67.3 Å². The lowest BCUT2D eigenvalue weighted by Gasteiger charge is -1.99. The van der Waals surface area contributed by atoms with Gasteiger partial charge in [0.25, 0.3) is 0 Å². The molecule has 5 nitrogen and oxygen atoms in total. The predicted octanol–water partition coefficient (Wildman–Crippen LogP) is 2.07. The Hall–Kier alpha value is -2.01. The van der Waals surface area contributed by atoms with Crippen LogP contribution in [-0.4, -0.2) is 24.9 Å². The maximum atomic E-state index is 7.57. The fourth-order valence-corrected chi connectivity index (χ4v) is 1.55. The standard InChI is InChI=1S/C10H6ClN5/c11-7-1-6(2-12-3-7)9-13-4-8-10(16-9)15-5-14-8/h1-5H,(H,13,14,15,16)/i/hD. The summed E-state index contributed by atoms with van der Waals surface area (Å²) in [6.07, 6.45) is 6.11. The van der Waals surface area contributed by atoms with Crippen molar-refractivity contribution in [3.63, 3.8) is 0 Å². The van der Waals surface area contributed by atoms with E-state index < -0.39 is 0 Å². The molecule has 0 aliphatic heterocycles. The van der Waals surface area contributed by atoms with Gasteiger partial charge in [0.15, 0.2) is 12.9 Å². The van der Waals surface area contributed by atoms with Crippen LogP contribution in [0.5, 0.6) is 0 Å². The van der Waals surface area contributed by atoms with Gasteiger partial charge < -0.3 is 4.98 Å². The van der Waals surface area contributed by atoms with Crippen LogP contribution in [0.2, 0.25) is 6.43 Å². The number of nitrogens with zero attached hydrogens (tertiary/aromatic N) is 4. The number of fused-ring (bicyclic) bond motifs is 1. The predicted molar refractivity (Wildman–Crippen MR) is 59.9 cm³/mol. The monoisotopic (exact) mass is 232 g/mol. The molecule has 0 fully saturated rings. The Kier molecular flexibility index (Phi) is 1.81. The maximum Gasteiger partial charge on any atom is 0.169 e. The first kappa shape index (κ1) is 8.18. The summed E-state index contributed by atoms with van der Waals surface area (Å²) in [6.45, 7) is 0. The Labute approximate surface area is 97.0 Å². The molecule has 0 aromatic carbocycles. The molecule has 3 heterocycles. The Bertz CT molecular complexity index is 696. The van der Waals surface area contributed by atoms with E-state index in [1.807, 2.05) is 0 Å². The SMILES string of the molecule is [2H]n1cnc2cnc(-c3cncc(Cl)c3)nc21. The van der Waals surface area contributed by atoms with Crippen LogP contribution in [0.4, 0.5) is 0 Å². The molecule has 0 saturated carbocycles. The van der Waals surface area contributed by atoms with E-state index in [1.165, 1.54) is 6.33 Å². The van der Waals surface area contributed by atoms with Crippen molar-refractivity contribution in [2.24, 2.45) is 0 Å². The Morgan fingerprint density at radius 3 is 3.06 bits per heavy atom. The molecule has 3 rings (SSSR count). The van der Waals surface area contributed by atoms with E-state index in [1.54, 1.807) is 24.7 Å². The minimum absolute atomic E-state index is 0.454. The molecule has 0 aliphatic rings. The second-order valence-corrected chi connectivity index (χ2v) is 3.60. The zero-order valence-electron chi connectivity index (χ0n) is 9.00. The van der Waals surface area contributed by atoms with Gasteiger partial charge >= 0.3 is 0 Å². The normalized spacial score (nSPS) is 11.7. The van der Waals surface area contributed by atoms with Gasteiger partial charge in [0.2, 0.25) is 0 Å². The lowest BCUT2D eigenvalue weighted by atomic mass is 10.2. The van der Waals surface area contributed by atoms with Gasteiger partial charge in [-0.15, -0.1) is 0 Å². The number of rotatable bonds is 1. The van der Waals surface area contributed by atoms with Gasteiger partial charge in [0.05, 0.1) is 17.5 Å². The molecule has 0 unspecified atom stereocenters. The van der Waals surface area contributed by atoms with Gasteiger partial charge in [0, 0.05) is 18.0 Å². The zero-order chi connectivity index (χ0) is 11.8. The number of hydrogen-bond acceptors (Lipinski definition) is 4. The van der Waals surface area contributed by atoms with Crippen molar-refractivity contribution in [1.29, 1.82) is 0 Å². The van der Waals surface area contributed by atoms with Gasteiger partial charge in [-0.05, 0) is 6.07 Å². The molecule has 6 heteroatoms. The van der Waals surface area contributed by atoms with E-state index in [0.29, 0.717) is 27.6 Å². The van der Waals surface area contributed by atoms with Crippen molar-refractivity contribution >= 4 is 22.8 Å². The quantitative estimate of drug-likeness (QED) is 0.698. The highest BCUT2D eigenvalue weighted by Gasteiger charge is 2.05. The third kappa shape index (κ3) is 1.51. The average molecular weight is 233 g/mol. The molecule has 3 aromatic rings. The van der Waals surface area contributed by atoms with E-state index >= 15 is 0 Å². The summed E-state index contributed by atoms with van der Waals surface area (Å²) in [5.41, 5.74) is 1.74. The molecule has 1 N–H and O–H groups in total. The van der Waals surface area contributed by atoms with Crippen molar-refractivity contribution in [1.82, 2.24) is 24.9 Å². The van der Waals surface area contributed by atoms with Gasteiger partial charge in [-0.2, -0.15) is 0 Å². The molecule has 0 atom stereocenters. The summed E-state index contributed by atoms with van der Waals surface area (Å²) in [5, 5.41) is 0.519. The van der Waals surface area contributed by atoms with E-state index in [4.69, 9.17) is 13.0 Å². The van der Waals surface area contributed by atoms with E-state index in [9.17, 15) is 0 Å². The van der Waals surface area contributed by atoms with Gasteiger partial charge in [-0.25, -0.2) is 15.0 Å². The summed E-state index contributed by atoms with van der Waals surface area (Å²) in [7, 11) is 0. The molecule has 0 aliphatic carbocycles. The maximum absolute atomic E-state index is 7.57. The van der Waals surface area contributed by atoms with Crippen LogP contribution in [0.1, 0.15) is 0 Å². The van der Waals surface area contributed by atoms with Crippen LogP contribution in [-0.2, 0) is 0 Å². The molecule has 0 amide bonds. The molecular formula is C10H6ClN5. The molecule has 0 radical (unpaired) electrons. The number of H-pyrrole nitrogens is 1. The van der Waals surface area contributed by atoms with Crippen LogP contribution in [0.25, 0.3) is 22.6 Å². The first-order chi connectivity index (χ1) is 8.24. The van der Waals surface area contributed by atoms with Crippen molar-refractivity contribution in [3.05, 3.63) is 36.0 Å². The number of hydrogen-bond donors (Lipinski definition) is 1. The Morgan fingerprint density at radius 1 is 1.25 bits per heavy atom. The summed E-state index contributed by atoms with van der Waals surface area (Å²) in [4.78, 5) is 17.5.